The summed E-state index contributed by atoms with van der Waals surface area (Å²) in [5.41, 5.74) is 1.02. The number of amides is 1. The quantitative estimate of drug-likeness (QED) is 0.789. The molecule has 4 heteroatoms. The van der Waals surface area contributed by atoms with E-state index in [-0.39, 0.29) is 11.5 Å². The van der Waals surface area contributed by atoms with Gasteiger partial charge >= 0.3 is 0 Å². The Hall–Kier alpha value is -1.22. The van der Waals surface area contributed by atoms with Gasteiger partial charge in [-0.2, -0.15) is 0 Å². The van der Waals surface area contributed by atoms with Crippen molar-refractivity contribution in [1.82, 2.24) is 5.32 Å². The minimum absolute atomic E-state index is 0.171. The molecule has 0 radical (unpaired) electrons. The maximum Gasteiger partial charge on any atom is 0.256 e. The maximum absolute atomic E-state index is 12.4. The second-order valence-electron chi connectivity index (χ2n) is 5.58. The van der Waals surface area contributed by atoms with E-state index < -0.39 is 0 Å². The van der Waals surface area contributed by atoms with Crippen LogP contribution in [-0.2, 0) is 0 Å². The molecule has 21 heavy (non-hydrogen) atoms. The van der Waals surface area contributed by atoms with Crippen LogP contribution >= 0.6 is 11.6 Å². The first-order chi connectivity index (χ1) is 9.88. The molecule has 0 fully saturated rings. The van der Waals surface area contributed by atoms with Gasteiger partial charge in [0.1, 0.15) is 16.9 Å². The number of aryl methyl sites for hydroxylation is 1. The van der Waals surface area contributed by atoms with Crippen molar-refractivity contribution >= 4 is 17.5 Å². The summed E-state index contributed by atoms with van der Waals surface area (Å²) in [5.74, 6) is 0.389. The molecule has 0 bridgehead atoms. The largest absolute Gasteiger partial charge is 0.487 e. The monoisotopic (exact) mass is 311 g/mol. The summed E-state index contributed by atoms with van der Waals surface area (Å²) in [6.45, 7) is 10.7. The van der Waals surface area contributed by atoms with Crippen LogP contribution in [0.2, 0.25) is 5.02 Å². The lowest BCUT2D eigenvalue weighted by Gasteiger charge is -2.29. The first-order valence-electron chi connectivity index (χ1n) is 7.64. The summed E-state index contributed by atoms with van der Waals surface area (Å²) in [6.07, 6.45) is 2.61. The van der Waals surface area contributed by atoms with Crippen molar-refractivity contribution in [2.75, 3.05) is 6.54 Å². The second-order valence-corrected chi connectivity index (χ2v) is 5.96. The molecular weight excluding hydrogens is 286 g/mol. The third kappa shape index (κ3) is 4.37. The topological polar surface area (TPSA) is 38.3 Å². The smallest absolute Gasteiger partial charge is 0.256 e. The Bertz CT molecular complexity index is 496. The lowest BCUT2D eigenvalue weighted by Crippen LogP contribution is -2.32. The van der Waals surface area contributed by atoms with Crippen LogP contribution in [0.3, 0.4) is 0 Å². The van der Waals surface area contributed by atoms with Crippen LogP contribution in [0.4, 0.5) is 0 Å². The Balaban J connectivity index is 3.20. The van der Waals surface area contributed by atoms with Gasteiger partial charge in [-0.05, 0) is 44.7 Å². The fraction of sp³-hybridized carbons (Fsp3) is 0.588. The van der Waals surface area contributed by atoms with Crippen molar-refractivity contribution in [3.8, 4) is 5.75 Å². The van der Waals surface area contributed by atoms with E-state index in [9.17, 15) is 4.79 Å². The Kier molecular flexibility index (Phi) is 6.53. The number of halogens is 1. The molecule has 1 aromatic carbocycles. The number of carbonyl (C=O) groups excluding carboxylic acids is 1. The molecule has 0 aromatic heterocycles. The van der Waals surface area contributed by atoms with Gasteiger partial charge in [-0.15, -0.1) is 0 Å². The average molecular weight is 312 g/mol. The van der Waals surface area contributed by atoms with Crippen LogP contribution < -0.4 is 10.1 Å². The molecule has 0 unspecified atom stereocenters. The van der Waals surface area contributed by atoms with E-state index in [0.29, 0.717) is 22.9 Å². The highest BCUT2D eigenvalue weighted by Crippen LogP contribution is 2.33. The molecule has 0 saturated carbocycles. The summed E-state index contributed by atoms with van der Waals surface area (Å²) >= 11 is 6.35. The molecule has 1 amide bonds. The highest BCUT2D eigenvalue weighted by Gasteiger charge is 2.26. The average Bonchev–Trinajstić information content (AvgIpc) is 2.48. The predicted molar refractivity (Wildman–Crippen MR) is 88.4 cm³/mol. The van der Waals surface area contributed by atoms with E-state index in [2.05, 4.69) is 26.1 Å². The van der Waals surface area contributed by atoms with Gasteiger partial charge in [0.15, 0.2) is 0 Å². The zero-order chi connectivity index (χ0) is 16.0. The Labute approximate surface area is 133 Å². The Morgan fingerprint density at radius 3 is 2.43 bits per heavy atom. The zero-order valence-electron chi connectivity index (χ0n) is 13.7. The molecule has 0 aliphatic heterocycles. The van der Waals surface area contributed by atoms with Gasteiger partial charge in [-0.1, -0.05) is 38.4 Å². The van der Waals surface area contributed by atoms with Crippen LogP contribution in [0, 0.1) is 6.92 Å². The minimum atomic E-state index is -0.293. The van der Waals surface area contributed by atoms with Crippen LogP contribution in [0.1, 0.15) is 62.9 Å². The lowest BCUT2D eigenvalue weighted by atomic mass is 9.99. The second kappa shape index (κ2) is 7.69. The van der Waals surface area contributed by atoms with Gasteiger partial charge in [-0.3, -0.25) is 4.79 Å². The molecule has 1 N–H and O–H groups in total. The Morgan fingerprint density at radius 1 is 1.29 bits per heavy atom. The molecule has 0 aliphatic carbocycles. The highest BCUT2D eigenvalue weighted by atomic mass is 35.5. The van der Waals surface area contributed by atoms with Gasteiger partial charge in [-0.25, -0.2) is 0 Å². The molecule has 1 rings (SSSR count). The number of hydrogen-bond acceptors (Lipinski definition) is 2. The summed E-state index contributed by atoms with van der Waals surface area (Å²) in [7, 11) is 0. The van der Waals surface area contributed by atoms with Crippen molar-refractivity contribution in [2.45, 2.75) is 59.5 Å². The fourth-order valence-corrected chi connectivity index (χ4v) is 2.19. The van der Waals surface area contributed by atoms with Crippen molar-refractivity contribution in [3.63, 3.8) is 0 Å². The molecule has 0 atom stereocenters. The van der Waals surface area contributed by atoms with Crippen molar-refractivity contribution in [3.05, 3.63) is 28.3 Å². The third-order valence-corrected chi connectivity index (χ3v) is 4.40. The lowest BCUT2D eigenvalue weighted by molar-refractivity contribution is 0.0764. The molecule has 3 nitrogen and oxygen atoms in total. The SMILES string of the molecule is CCCNC(=O)c1c(OC(C)(CC)CC)ccc(C)c1Cl. The van der Waals surface area contributed by atoms with Crippen LogP contribution in [0.25, 0.3) is 0 Å². The first-order valence-corrected chi connectivity index (χ1v) is 8.02. The standard InChI is InChI=1S/C17H26ClNO2/c1-6-11-19-16(20)14-13(10-9-12(4)15(14)18)21-17(5,7-2)8-3/h9-10H,6-8,11H2,1-5H3,(H,19,20). The van der Waals surface area contributed by atoms with Gasteiger partial charge in [0.25, 0.3) is 5.91 Å². The molecular formula is C17H26ClNO2. The van der Waals surface area contributed by atoms with E-state index in [0.717, 1.165) is 24.8 Å². The van der Waals surface area contributed by atoms with Crippen LogP contribution in [0.5, 0.6) is 5.75 Å². The predicted octanol–water partition coefficient (Wildman–Crippen LogP) is 4.75. The molecule has 0 heterocycles. The number of rotatable bonds is 7. The number of carbonyl (C=O) groups is 1. The van der Waals surface area contributed by atoms with Crippen LogP contribution in [0.15, 0.2) is 12.1 Å². The summed E-state index contributed by atoms with van der Waals surface area (Å²) in [5, 5.41) is 3.34. The zero-order valence-corrected chi connectivity index (χ0v) is 14.4. The summed E-state index contributed by atoms with van der Waals surface area (Å²) in [4.78, 5) is 12.4. The number of ether oxygens (including phenoxy) is 1. The summed E-state index contributed by atoms with van der Waals surface area (Å²) in [6, 6.07) is 3.73. The van der Waals surface area contributed by atoms with Crippen molar-refractivity contribution in [1.29, 1.82) is 0 Å². The Morgan fingerprint density at radius 2 is 1.90 bits per heavy atom. The highest BCUT2D eigenvalue weighted by molar-refractivity contribution is 6.35. The van der Waals surface area contributed by atoms with E-state index in [1.165, 1.54) is 0 Å². The number of nitrogens with one attached hydrogen (secondary N) is 1. The maximum atomic E-state index is 12.4. The minimum Gasteiger partial charge on any atom is -0.487 e. The molecule has 0 aliphatic rings. The normalized spacial score (nSPS) is 11.3. The van der Waals surface area contributed by atoms with Crippen molar-refractivity contribution in [2.24, 2.45) is 0 Å². The molecule has 1 aromatic rings. The number of benzene rings is 1. The van der Waals surface area contributed by atoms with Crippen molar-refractivity contribution < 1.29 is 9.53 Å². The number of hydrogen-bond donors (Lipinski definition) is 1. The van der Waals surface area contributed by atoms with E-state index in [4.69, 9.17) is 16.3 Å². The van der Waals surface area contributed by atoms with E-state index >= 15 is 0 Å². The fourth-order valence-electron chi connectivity index (χ4n) is 1.95. The third-order valence-electron chi connectivity index (χ3n) is 3.91. The summed E-state index contributed by atoms with van der Waals surface area (Å²) < 4.78 is 6.12. The van der Waals surface area contributed by atoms with Gasteiger partial charge < -0.3 is 10.1 Å². The van der Waals surface area contributed by atoms with E-state index in [1.54, 1.807) is 0 Å². The molecule has 0 saturated heterocycles. The van der Waals surface area contributed by atoms with E-state index in [1.807, 2.05) is 26.0 Å². The first kappa shape index (κ1) is 17.8. The molecule has 0 spiro atoms. The van der Waals surface area contributed by atoms with Crippen LogP contribution in [-0.4, -0.2) is 18.1 Å². The van der Waals surface area contributed by atoms with Gasteiger partial charge in [0, 0.05) is 6.54 Å². The van der Waals surface area contributed by atoms with Gasteiger partial charge in [0.2, 0.25) is 0 Å². The van der Waals surface area contributed by atoms with Gasteiger partial charge in [0.05, 0.1) is 5.02 Å². The molecule has 118 valence electrons.